The van der Waals surface area contributed by atoms with Gasteiger partial charge in [0, 0.05) is 21.9 Å². The summed E-state index contributed by atoms with van der Waals surface area (Å²) < 4.78 is 0. The van der Waals surface area contributed by atoms with E-state index < -0.39 is 5.41 Å². The molecular weight excluding hydrogens is 761 g/mol. The number of nitrogens with zero attached hydrogens (tertiary/aromatic N) is 2. The first kappa shape index (κ1) is 35.5. The van der Waals surface area contributed by atoms with E-state index in [-0.39, 0.29) is 0 Å². The van der Waals surface area contributed by atoms with Gasteiger partial charge in [0.05, 0.1) is 27.8 Å². The molecule has 13 rings (SSSR count). The van der Waals surface area contributed by atoms with Crippen molar-refractivity contribution in [1.82, 2.24) is 9.97 Å². The smallest absolute Gasteiger partial charge is 0.0972 e. The molecule has 0 saturated carbocycles. The fraction of sp³-hybridized carbons (Fsp3) is 0.0164. The highest BCUT2D eigenvalue weighted by Crippen LogP contribution is 2.59. The van der Waals surface area contributed by atoms with Gasteiger partial charge >= 0.3 is 0 Å². The van der Waals surface area contributed by atoms with E-state index in [0.717, 1.165) is 44.3 Å². The zero-order valence-corrected chi connectivity index (χ0v) is 34.3. The molecule has 10 aromatic carbocycles. The molecule has 63 heavy (non-hydrogen) atoms. The third-order valence-corrected chi connectivity index (χ3v) is 13.5. The van der Waals surface area contributed by atoms with Crippen LogP contribution < -0.4 is 0 Å². The Bertz CT molecular complexity index is 3740. The van der Waals surface area contributed by atoms with Crippen LogP contribution in [0.1, 0.15) is 22.3 Å². The Morgan fingerprint density at radius 1 is 0.302 bits per heavy atom. The molecule has 0 radical (unpaired) electrons. The van der Waals surface area contributed by atoms with Gasteiger partial charge < -0.3 is 0 Å². The van der Waals surface area contributed by atoms with E-state index in [4.69, 9.17) is 9.97 Å². The molecule has 0 atom stereocenters. The van der Waals surface area contributed by atoms with Crippen molar-refractivity contribution in [2.45, 2.75) is 5.41 Å². The number of hydrogen-bond acceptors (Lipinski definition) is 2. The predicted molar refractivity (Wildman–Crippen MR) is 263 cm³/mol. The van der Waals surface area contributed by atoms with Gasteiger partial charge in [0.15, 0.2) is 0 Å². The second-order valence-electron chi connectivity index (χ2n) is 16.8. The minimum absolute atomic E-state index is 0.461. The average molecular weight is 799 g/mol. The van der Waals surface area contributed by atoms with E-state index in [1.807, 2.05) is 6.07 Å². The molecule has 1 aliphatic carbocycles. The van der Waals surface area contributed by atoms with Crippen LogP contribution in [0.25, 0.3) is 98.9 Å². The highest BCUT2D eigenvalue weighted by molar-refractivity contribution is 6.22. The van der Waals surface area contributed by atoms with E-state index in [2.05, 4.69) is 224 Å². The molecule has 0 aliphatic heterocycles. The summed E-state index contributed by atoms with van der Waals surface area (Å²) in [5, 5.41) is 9.54. The topological polar surface area (TPSA) is 25.8 Å². The SMILES string of the molecule is c1ccc(-c2ccc3ccc4ccc(-c5ccc(-c6cc7ccc8c(c7c7ccccc67)-c6ccccc6C8(c6ccccc6)c6ccccc6)c6ccccc56)nc4c3n2)cc1. The van der Waals surface area contributed by atoms with E-state index in [1.54, 1.807) is 0 Å². The maximum absolute atomic E-state index is 5.40. The standard InChI is InChI=1S/C61H38N2/c1-4-16-39(17-5-1)55-36-31-40-28-29-41-32-37-56(63-60(41)59(40)62-55)49-34-33-48(45-22-10-11-23-46(45)49)52-38-42-30-35-54-58(57(42)50-25-13-12-24-47(50)52)51-26-14-15-27-53(51)61(54,43-18-6-2-7-19-43)44-20-8-3-9-21-44/h1-38H. The van der Waals surface area contributed by atoms with Crippen LogP contribution in [0, 0.1) is 0 Å². The number of hydrogen-bond donors (Lipinski definition) is 0. The Hall–Kier alpha value is -8.20. The van der Waals surface area contributed by atoms with E-state index in [1.165, 1.54) is 76.8 Å². The first-order chi connectivity index (χ1) is 31.3. The zero-order chi connectivity index (χ0) is 41.5. The lowest BCUT2D eigenvalue weighted by atomic mass is 9.67. The summed E-state index contributed by atoms with van der Waals surface area (Å²) >= 11 is 0. The molecule has 2 heterocycles. The van der Waals surface area contributed by atoms with Crippen LogP contribution in [0.15, 0.2) is 231 Å². The van der Waals surface area contributed by atoms with Gasteiger partial charge in [-0.3, -0.25) is 0 Å². The molecule has 0 bridgehead atoms. The number of pyridine rings is 2. The second-order valence-corrected chi connectivity index (χ2v) is 16.8. The maximum atomic E-state index is 5.40. The molecule has 0 N–H and O–H groups in total. The summed E-state index contributed by atoms with van der Waals surface area (Å²) in [7, 11) is 0. The first-order valence-corrected chi connectivity index (χ1v) is 21.7. The Balaban J connectivity index is 1.02. The number of rotatable bonds is 5. The van der Waals surface area contributed by atoms with Crippen molar-refractivity contribution in [2.75, 3.05) is 0 Å². The lowest BCUT2D eigenvalue weighted by Gasteiger charge is -2.34. The lowest BCUT2D eigenvalue weighted by Crippen LogP contribution is -2.28. The molecule has 0 fully saturated rings. The van der Waals surface area contributed by atoms with Crippen LogP contribution >= 0.6 is 0 Å². The fourth-order valence-corrected chi connectivity index (χ4v) is 10.8. The van der Waals surface area contributed by atoms with Gasteiger partial charge in [-0.2, -0.15) is 0 Å². The molecule has 0 spiro atoms. The summed E-state index contributed by atoms with van der Waals surface area (Å²) in [6, 6.07) is 84.1. The van der Waals surface area contributed by atoms with Crippen molar-refractivity contribution < 1.29 is 0 Å². The largest absolute Gasteiger partial charge is 0.245 e. The van der Waals surface area contributed by atoms with Crippen LogP contribution in [-0.4, -0.2) is 9.97 Å². The molecule has 292 valence electrons. The lowest BCUT2D eigenvalue weighted by molar-refractivity contribution is 0.769. The Kier molecular flexibility index (Phi) is 7.85. The molecule has 1 aliphatic rings. The van der Waals surface area contributed by atoms with Crippen molar-refractivity contribution in [3.63, 3.8) is 0 Å². The third kappa shape index (κ3) is 5.25. The van der Waals surface area contributed by atoms with Crippen molar-refractivity contribution in [1.29, 1.82) is 0 Å². The monoisotopic (exact) mass is 798 g/mol. The van der Waals surface area contributed by atoms with Crippen LogP contribution in [0.2, 0.25) is 0 Å². The van der Waals surface area contributed by atoms with Gasteiger partial charge in [0.25, 0.3) is 0 Å². The van der Waals surface area contributed by atoms with Crippen molar-refractivity contribution in [2.24, 2.45) is 0 Å². The molecule has 2 aromatic heterocycles. The summed E-state index contributed by atoms with van der Waals surface area (Å²) in [4.78, 5) is 10.6. The summed E-state index contributed by atoms with van der Waals surface area (Å²) in [6.45, 7) is 0. The van der Waals surface area contributed by atoms with Gasteiger partial charge in [0.2, 0.25) is 0 Å². The Labute approximate surface area is 365 Å². The molecule has 12 aromatic rings. The molecule has 0 amide bonds. The Morgan fingerprint density at radius 3 is 1.48 bits per heavy atom. The van der Waals surface area contributed by atoms with Gasteiger partial charge in [-0.05, 0) is 95.0 Å². The number of aromatic nitrogens is 2. The molecule has 0 saturated heterocycles. The zero-order valence-electron chi connectivity index (χ0n) is 34.3. The number of fused-ring (bicyclic) bond motifs is 11. The predicted octanol–water partition coefficient (Wildman–Crippen LogP) is 15.6. The maximum Gasteiger partial charge on any atom is 0.0972 e. The molecule has 0 unspecified atom stereocenters. The highest BCUT2D eigenvalue weighted by Gasteiger charge is 2.46. The van der Waals surface area contributed by atoms with E-state index in [0.29, 0.717) is 0 Å². The fourth-order valence-electron chi connectivity index (χ4n) is 10.8. The average Bonchev–Trinajstić information content (AvgIpc) is 3.67. The third-order valence-electron chi connectivity index (χ3n) is 13.5. The van der Waals surface area contributed by atoms with Crippen molar-refractivity contribution >= 4 is 54.1 Å². The van der Waals surface area contributed by atoms with E-state index in [9.17, 15) is 0 Å². The molecule has 2 heteroatoms. The molecular formula is C61H38N2. The summed E-state index contributed by atoms with van der Waals surface area (Å²) in [5.41, 5.74) is 15.7. The minimum atomic E-state index is -0.461. The van der Waals surface area contributed by atoms with Crippen molar-refractivity contribution in [3.8, 4) is 44.8 Å². The van der Waals surface area contributed by atoms with Gasteiger partial charge in [-0.25, -0.2) is 9.97 Å². The van der Waals surface area contributed by atoms with Crippen LogP contribution in [0.3, 0.4) is 0 Å². The van der Waals surface area contributed by atoms with Gasteiger partial charge in [0.1, 0.15) is 0 Å². The second kappa shape index (κ2) is 13.9. The quantitative estimate of drug-likeness (QED) is 0.162. The van der Waals surface area contributed by atoms with E-state index >= 15 is 0 Å². The van der Waals surface area contributed by atoms with Crippen LogP contribution in [0.4, 0.5) is 0 Å². The summed E-state index contributed by atoms with van der Waals surface area (Å²) in [6.07, 6.45) is 0. The first-order valence-electron chi connectivity index (χ1n) is 21.7. The number of benzene rings is 10. The summed E-state index contributed by atoms with van der Waals surface area (Å²) in [5.74, 6) is 0. The van der Waals surface area contributed by atoms with Crippen molar-refractivity contribution in [3.05, 3.63) is 253 Å². The highest BCUT2D eigenvalue weighted by atomic mass is 14.8. The Morgan fingerprint density at radius 2 is 0.794 bits per heavy atom. The minimum Gasteiger partial charge on any atom is -0.245 e. The van der Waals surface area contributed by atoms with Gasteiger partial charge in [-0.1, -0.05) is 212 Å². The molecule has 2 nitrogen and oxygen atoms in total. The van der Waals surface area contributed by atoms with Gasteiger partial charge in [-0.15, -0.1) is 0 Å². The normalized spacial score (nSPS) is 12.9. The van der Waals surface area contributed by atoms with Crippen LogP contribution in [0.5, 0.6) is 0 Å². The van der Waals surface area contributed by atoms with Crippen LogP contribution in [-0.2, 0) is 5.41 Å².